The van der Waals surface area contributed by atoms with Crippen LogP contribution in [0.4, 0.5) is 5.13 Å². The highest BCUT2D eigenvalue weighted by Gasteiger charge is 2.54. The second kappa shape index (κ2) is 9.86. The van der Waals surface area contributed by atoms with Gasteiger partial charge in [-0.15, -0.1) is 23.1 Å². The molecular formula is C23H24N7O5S2+. The number of nitrogens with zero attached hydrogens (tertiary/aromatic N) is 5. The number of anilines is 1. The summed E-state index contributed by atoms with van der Waals surface area (Å²) in [6, 6.07) is 3.01. The number of carbonyl (C=O) groups is 3. The third-order valence-corrected chi connectivity index (χ3v) is 8.16. The van der Waals surface area contributed by atoms with Crippen molar-refractivity contribution in [3.63, 3.8) is 0 Å². The van der Waals surface area contributed by atoms with Crippen LogP contribution in [0.2, 0.25) is 0 Å². The fraction of sp³-hybridized carbons (Fsp3) is 0.304. The van der Waals surface area contributed by atoms with E-state index in [2.05, 4.69) is 15.5 Å². The van der Waals surface area contributed by atoms with Gasteiger partial charge in [-0.3, -0.25) is 14.5 Å². The maximum Gasteiger partial charge on any atom is 0.352 e. The molecule has 2 aliphatic rings. The van der Waals surface area contributed by atoms with Gasteiger partial charge in [0.05, 0.1) is 6.20 Å². The summed E-state index contributed by atoms with van der Waals surface area (Å²) >= 11 is 2.55. The van der Waals surface area contributed by atoms with Crippen LogP contribution in [0.15, 0.2) is 52.5 Å². The van der Waals surface area contributed by atoms with Crippen molar-refractivity contribution in [3.8, 4) is 0 Å². The summed E-state index contributed by atoms with van der Waals surface area (Å²) in [6.45, 7) is 4.24. The van der Waals surface area contributed by atoms with Gasteiger partial charge in [0.15, 0.2) is 23.6 Å². The molecule has 0 radical (unpaired) electrons. The van der Waals surface area contributed by atoms with Gasteiger partial charge in [-0.1, -0.05) is 5.16 Å². The van der Waals surface area contributed by atoms with Crippen molar-refractivity contribution in [2.45, 2.75) is 31.8 Å². The lowest BCUT2D eigenvalue weighted by atomic mass is 10.0. The number of hydrogen-bond donors (Lipinski definition) is 3. The van der Waals surface area contributed by atoms with Gasteiger partial charge in [0, 0.05) is 29.8 Å². The van der Waals surface area contributed by atoms with E-state index in [1.807, 2.05) is 46.6 Å². The molecule has 37 heavy (non-hydrogen) atoms. The molecule has 2 atom stereocenters. The zero-order chi connectivity index (χ0) is 26.3. The second-order valence-electron chi connectivity index (χ2n) is 8.36. The summed E-state index contributed by atoms with van der Waals surface area (Å²) in [6.07, 6.45) is 5.73. The summed E-state index contributed by atoms with van der Waals surface area (Å²) in [5.41, 5.74) is 8.37. The fourth-order valence-corrected chi connectivity index (χ4v) is 6.25. The van der Waals surface area contributed by atoms with E-state index in [1.165, 1.54) is 16.7 Å². The highest BCUT2D eigenvalue weighted by Crippen LogP contribution is 2.40. The van der Waals surface area contributed by atoms with Crippen molar-refractivity contribution in [1.29, 1.82) is 0 Å². The third kappa shape index (κ3) is 4.42. The van der Waals surface area contributed by atoms with E-state index in [0.29, 0.717) is 17.9 Å². The number of nitrogen functional groups attached to an aromatic ring is 1. The number of aromatic nitrogens is 3. The van der Waals surface area contributed by atoms with Crippen LogP contribution in [0, 0.1) is 6.92 Å². The number of rotatable bonds is 8. The topological polar surface area (TPSA) is 156 Å². The maximum absolute atomic E-state index is 13.1. The van der Waals surface area contributed by atoms with E-state index in [9.17, 15) is 19.5 Å². The van der Waals surface area contributed by atoms with Crippen LogP contribution in [-0.4, -0.2) is 66.7 Å². The van der Waals surface area contributed by atoms with Gasteiger partial charge in [-0.2, -0.15) is 4.57 Å². The summed E-state index contributed by atoms with van der Waals surface area (Å²) in [5, 5.41) is 17.8. The Morgan fingerprint density at radius 3 is 2.92 bits per heavy atom. The predicted octanol–water partition coefficient (Wildman–Crippen LogP) is 0.753. The number of nitrogens with one attached hydrogen (secondary N) is 1. The monoisotopic (exact) mass is 542 g/mol. The lowest BCUT2D eigenvalue weighted by molar-refractivity contribution is -0.694. The van der Waals surface area contributed by atoms with E-state index < -0.39 is 29.2 Å². The van der Waals surface area contributed by atoms with Crippen LogP contribution < -0.4 is 15.6 Å². The Kier molecular flexibility index (Phi) is 6.60. The Labute approximate surface area is 219 Å². The Bertz CT molecular complexity index is 1480. The SMILES string of the molecule is CCON=C(C(=O)N[C@@H]1C(=O)N2C(C(=O)O)=C(C[n+]3ccn4cccc4c3C)CS[C@@H]12)c1csc(N)n1. The van der Waals surface area contributed by atoms with Crippen LogP contribution in [-0.2, 0) is 25.8 Å². The molecule has 0 aromatic carbocycles. The molecule has 3 aromatic rings. The average Bonchev–Trinajstić information content (AvgIpc) is 3.53. The zero-order valence-corrected chi connectivity index (χ0v) is 21.6. The number of amides is 2. The lowest BCUT2D eigenvalue weighted by Crippen LogP contribution is -2.71. The minimum atomic E-state index is -1.18. The van der Waals surface area contributed by atoms with E-state index in [-0.39, 0.29) is 28.8 Å². The molecule has 5 heterocycles. The van der Waals surface area contributed by atoms with Gasteiger partial charge in [0.2, 0.25) is 5.69 Å². The Morgan fingerprint density at radius 1 is 1.41 bits per heavy atom. The minimum Gasteiger partial charge on any atom is -0.477 e. The second-order valence-corrected chi connectivity index (χ2v) is 10.4. The smallest absolute Gasteiger partial charge is 0.352 e. The number of fused-ring (bicyclic) bond motifs is 2. The molecule has 2 amide bonds. The molecule has 1 fully saturated rings. The largest absolute Gasteiger partial charge is 0.477 e. The molecule has 0 unspecified atom stereocenters. The lowest BCUT2D eigenvalue weighted by Gasteiger charge is -2.49. The van der Waals surface area contributed by atoms with Crippen molar-refractivity contribution in [1.82, 2.24) is 19.6 Å². The van der Waals surface area contributed by atoms with Crippen LogP contribution >= 0.6 is 23.1 Å². The predicted molar refractivity (Wildman–Crippen MR) is 137 cm³/mol. The molecular weight excluding hydrogens is 518 g/mol. The summed E-state index contributed by atoms with van der Waals surface area (Å²) in [7, 11) is 0. The van der Waals surface area contributed by atoms with Crippen LogP contribution in [0.5, 0.6) is 0 Å². The number of aliphatic carboxylic acids is 1. The number of carboxylic acid groups (broad SMARTS) is 1. The van der Waals surface area contributed by atoms with Crippen LogP contribution in [0.25, 0.3) is 5.52 Å². The molecule has 4 N–H and O–H groups in total. The van der Waals surface area contributed by atoms with E-state index in [0.717, 1.165) is 22.5 Å². The highest BCUT2D eigenvalue weighted by molar-refractivity contribution is 8.00. The van der Waals surface area contributed by atoms with Crippen molar-refractivity contribution in [3.05, 3.63) is 58.8 Å². The van der Waals surface area contributed by atoms with Crippen molar-refractivity contribution >= 4 is 57.2 Å². The van der Waals surface area contributed by atoms with Gasteiger partial charge in [0.25, 0.3) is 11.8 Å². The molecule has 0 bridgehead atoms. The number of hydrogen-bond acceptors (Lipinski definition) is 9. The Morgan fingerprint density at radius 2 is 2.22 bits per heavy atom. The summed E-state index contributed by atoms with van der Waals surface area (Å²) in [4.78, 5) is 48.8. The number of thiazole rings is 1. The molecule has 12 nitrogen and oxygen atoms in total. The quantitative estimate of drug-likeness (QED) is 0.163. The van der Waals surface area contributed by atoms with Gasteiger partial charge in [-0.25, -0.2) is 9.78 Å². The number of aryl methyl sites for hydroxylation is 1. The molecule has 0 spiro atoms. The first-order valence-electron chi connectivity index (χ1n) is 11.4. The number of β-lactam (4-membered cyclic amide) rings is 1. The standard InChI is InChI=1S/C23H23N7O5S2/c1-3-35-27-16(14-11-37-23(24)25-14)19(31)26-17-20(32)30-18(22(33)34)13(10-36-21(17)30)9-29-8-7-28-6-4-5-15(28)12(29)2/h4-8,11,17,21H,3,9-10H2,1-2H3,(H3-,24,25,26,31,33,34)/p+1/t17-,21+/m1/s1. The van der Waals surface area contributed by atoms with E-state index in [1.54, 1.807) is 12.3 Å². The van der Waals surface area contributed by atoms with Gasteiger partial charge in [-0.05, 0) is 19.1 Å². The first-order valence-corrected chi connectivity index (χ1v) is 13.3. The molecule has 0 aliphatic carbocycles. The number of nitrogens with two attached hydrogens (primary N) is 1. The third-order valence-electron chi connectivity index (χ3n) is 6.15. The average molecular weight is 543 g/mol. The molecule has 0 saturated carbocycles. The maximum atomic E-state index is 13.1. The van der Waals surface area contributed by atoms with E-state index in [4.69, 9.17) is 10.6 Å². The van der Waals surface area contributed by atoms with Crippen LogP contribution in [0.3, 0.4) is 0 Å². The van der Waals surface area contributed by atoms with Gasteiger partial charge >= 0.3 is 5.97 Å². The molecule has 1 saturated heterocycles. The molecule has 2 aliphatic heterocycles. The van der Waals surface area contributed by atoms with Crippen LogP contribution in [0.1, 0.15) is 18.3 Å². The number of carboxylic acids is 1. The van der Waals surface area contributed by atoms with Gasteiger partial charge in [0.1, 0.15) is 34.9 Å². The first kappa shape index (κ1) is 24.8. The molecule has 5 rings (SSSR count). The molecule has 192 valence electrons. The minimum absolute atomic E-state index is 0.0445. The zero-order valence-electron chi connectivity index (χ0n) is 20.0. The normalized spacial score (nSPS) is 19.6. The number of carbonyl (C=O) groups excluding carboxylic acids is 2. The van der Waals surface area contributed by atoms with Crippen molar-refractivity contribution in [2.75, 3.05) is 18.1 Å². The van der Waals surface area contributed by atoms with Gasteiger partial charge < -0.3 is 25.4 Å². The molecule has 14 heteroatoms. The Balaban J connectivity index is 1.37. The Hall–Kier alpha value is -3.91. The molecule has 3 aromatic heterocycles. The highest BCUT2D eigenvalue weighted by atomic mass is 32.2. The number of thioether (sulfide) groups is 1. The fourth-order valence-electron chi connectivity index (χ4n) is 4.36. The summed E-state index contributed by atoms with van der Waals surface area (Å²) in [5.74, 6) is -1.95. The van der Waals surface area contributed by atoms with E-state index >= 15 is 0 Å². The van der Waals surface area contributed by atoms with Crippen molar-refractivity contribution < 1.29 is 28.9 Å². The number of oxime groups is 1. The summed E-state index contributed by atoms with van der Waals surface area (Å²) < 4.78 is 3.95. The van der Waals surface area contributed by atoms with Crippen molar-refractivity contribution in [2.24, 2.45) is 5.16 Å². The first-order chi connectivity index (χ1) is 17.8.